The number of benzene rings is 1. The van der Waals surface area contributed by atoms with Gasteiger partial charge in [-0.25, -0.2) is 5.43 Å². The van der Waals surface area contributed by atoms with Crippen molar-refractivity contribution in [2.24, 2.45) is 5.10 Å². The second-order valence-electron chi connectivity index (χ2n) is 4.58. The molecule has 0 aliphatic carbocycles. The van der Waals surface area contributed by atoms with Crippen LogP contribution in [-0.4, -0.2) is 28.7 Å². The number of nitrogens with one attached hydrogen (secondary N) is 1. The minimum absolute atomic E-state index is 0.0754. The number of terminal acetylenes is 1. The van der Waals surface area contributed by atoms with E-state index in [1.54, 1.807) is 12.1 Å². The third-order valence-electron chi connectivity index (χ3n) is 3.05. The smallest absolute Gasteiger partial charge is 0.240 e. The van der Waals surface area contributed by atoms with Crippen LogP contribution >= 0.6 is 0 Å². The highest BCUT2D eigenvalue weighted by Gasteiger charge is 2.11. The summed E-state index contributed by atoms with van der Waals surface area (Å²) in [5.74, 6) is 3.01. The molecule has 1 aromatic rings. The summed E-state index contributed by atoms with van der Waals surface area (Å²) in [7, 11) is 0.228. The number of carbonyl (C=O) groups excluding carboxylic acids is 1. The summed E-state index contributed by atoms with van der Waals surface area (Å²) in [4.78, 5) is 11.6. The molecular weight excluding hydrogens is 300 g/mol. The molecule has 2 rings (SSSR count). The quantitative estimate of drug-likeness (QED) is 0.841. The number of rotatable bonds is 5. The molecule has 1 unspecified atom stereocenters. The van der Waals surface area contributed by atoms with Gasteiger partial charge in [-0.05, 0) is 23.8 Å². The number of hydrogen-bond donors (Lipinski definition) is 1. The highest BCUT2D eigenvalue weighted by molar-refractivity contribution is 7.85. The molecule has 1 N–H and O–H groups in total. The van der Waals surface area contributed by atoms with E-state index in [9.17, 15) is 9.00 Å². The predicted molar refractivity (Wildman–Crippen MR) is 86.9 cm³/mol. The largest absolute Gasteiger partial charge is 0.495 e. The highest BCUT2D eigenvalue weighted by atomic mass is 32.2. The van der Waals surface area contributed by atoms with E-state index in [0.29, 0.717) is 23.5 Å². The topological polar surface area (TPSA) is 67.8 Å². The number of nitrogens with zero attached hydrogens (tertiary/aromatic N) is 1. The Morgan fingerprint density at radius 2 is 2.27 bits per heavy atom. The van der Waals surface area contributed by atoms with Crippen LogP contribution in [0.15, 0.2) is 34.3 Å². The van der Waals surface area contributed by atoms with E-state index in [4.69, 9.17) is 11.2 Å². The van der Waals surface area contributed by atoms with Crippen LogP contribution in [0.3, 0.4) is 0 Å². The summed E-state index contributed by atoms with van der Waals surface area (Å²) in [5, 5.41) is 3.97. The van der Waals surface area contributed by atoms with Crippen LogP contribution in [-0.2, 0) is 15.6 Å². The van der Waals surface area contributed by atoms with Crippen LogP contribution in [0.1, 0.15) is 18.4 Å². The van der Waals surface area contributed by atoms with Gasteiger partial charge in [0, 0.05) is 12.8 Å². The average Bonchev–Trinajstić information content (AvgIpc) is 2.54. The second-order valence-corrected chi connectivity index (χ2v) is 6.00. The van der Waals surface area contributed by atoms with Gasteiger partial charge >= 0.3 is 0 Å². The van der Waals surface area contributed by atoms with Gasteiger partial charge < -0.3 is 4.74 Å². The fourth-order valence-corrected chi connectivity index (χ4v) is 2.88. The molecule has 1 aliphatic heterocycles. The summed E-state index contributed by atoms with van der Waals surface area (Å²) >= 11 is 0. The fourth-order valence-electron chi connectivity index (χ4n) is 1.93. The standard InChI is InChI=1S/C16H16N2O3S/c1-3-10-22(20)15-11-12(5-8-14(15)21-2)4-6-13-7-9-16(19)18-17-13/h1,4-6,8,11H,7,9-10H2,2H3,(H,18,19). The molecule has 5 nitrogen and oxygen atoms in total. The maximum absolute atomic E-state index is 12.1. The molecule has 0 fully saturated rings. The summed E-state index contributed by atoms with van der Waals surface area (Å²) in [5.41, 5.74) is 4.10. The van der Waals surface area contributed by atoms with Gasteiger partial charge in [-0.1, -0.05) is 18.1 Å². The monoisotopic (exact) mass is 316 g/mol. The minimum Gasteiger partial charge on any atom is -0.495 e. The van der Waals surface area contributed by atoms with Crippen LogP contribution < -0.4 is 10.2 Å². The third kappa shape index (κ3) is 4.06. The Morgan fingerprint density at radius 1 is 1.45 bits per heavy atom. The molecule has 1 amide bonds. The molecule has 0 radical (unpaired) electrons. The lowest BCUT2D eigenvalue weighted by Crippen LogP contribution is -2.24. The van der Waals surface area contributed by atoms with Crippen LogP contribution in [0, 0.1) is 12.3 Å². The van der Waals surface area contributed by atoms with Gasteiger partial charge in [-0.15, -0.1) is 6.42 Å². The number of carbonyl (C=O) groups is 1. The molecule has 1 aliphatic rings. The fraction of sp³-hybridized carbons (Fsp3) is 0.250. The lowest BCUT2D eigenvalue weighted by Gasteiger charge is -2.09. The molecule has 0 saturated carbocycles. The van der Waals surface area contributed by atoms with Crippen molar-refractivity contribution in [1.29, 1.82) is 0 Å². The summed E-state index contributed by atoms with van der Waals surface area (Å²) < 4.78 is 17.3. The Balaban J connectivity index is 2.22. The van der Waals surface area contributed by atoms with Gasteiger partial charge in [-0.3, -0.25) is 9.00 Å². The lowest BCUT2D eigenvalue weighted by atomic mass is 10.1. The predicted octanol–water partition coefficient (Wildman–Crippen LogP) is 1.72. The van der Waals surface area contributed by atoms with Gasteiger partial charge in [0.25, 0.3) is 0 Å². The Bertz CT molecular complexity index is 702. The van der Waals surface area contributed by atoms with E-state index in [1.165, 1.54) is 7.11 Å². The first-order valence-electron chi connectivity index (χ1n) is 6.67. The van der Waals surface area contributed by atoms with Crippen molar-refractivity contribution in [3.63, 3.8) is 0 Å². The third-order valence-corrected chi connectivity index (χ3v) is 4.29. The van der Waals surface area contributed by atoms with Crippen LogP contribution in [0.5, 0.6) is 5.75 Å². The Morgan fingerprint density at radius 3 is 2.91 bits per heavy atom. The molecule has 1 heterocycles. The van der Waals surface area contributed by atoms with Gasteiger partial charge in [0.15, 0.2) is 0 Å². The zero-order valence-electron chi connectivity index (χ0n) is 12.2. The van der Waals surface area contributed by atoms with E-state index in [0.717, 1.165) is 11.3 Å². The Kier molecular flexibility index (Phi) is 5.50. The van der Waals surface area contributed by atoms with Gasteiger partial charge in [0.05, 0.1) is 34.3 Å². The first-order chi connectivity index (χ1) is 10.6. The normalized spacial score (nSPS) is 15.8. The van der Waals surface area contributed by atoms with Crippen LogP contribution in [0.2, 0.25) is 0 Å². The highest BCUT2D eigenvalue weighted by Crippen LogP contribution is 2.24. The molecule has 6 heteroatoms. The molecule has 1 aromatic carbocycles. The zero-order chi connectivity index (χ0) is 15.9. The summed E-state index contributed by atoms with van der Waals surface area (Å²) in [6.45, 7) is 0. The van der Waals surface area contributed by atoms with E-state index >= 15 is 0 Å². The average molecular weight is 316 g/mol. The van der Waals surface area contributed by atoms with Crippen molar-refractivity contribution < 1.29 is 13.7 Å². The second kappa shape index (κ2) is 7.57. The van der Waals surface area contributed by atoms with Crippen molar-refractivity contribution in [3.05, 3.63) is 29.8 Å². The van der Waals surface area contributed by atoms with Gasteiger partial charge in [0.2, 0.25) is 5.91 Å². The van der Waals surface area contributed by atoms with Crippen LogP contribution in [0.25, 0.3) is 6.08 Å². The molecule has 0 saturated heterocycles. The van der Waals surface area contributed by atoms with E-state index in [1.807, 2.05) is 18.2 Å². The molecule has 114 valence electrons. The number of allylic oxidation sites excluding steroid dienone is 1. The van der Waals surface area contributed by atoms with Crippen LogP contribution in [0.4, 0.5) is 0 Å². The number of hydrazone groups is 1. The molecule has 0 spiro atoms. The van der Waals surface area contributed by atoms with Crippen molar-refractivity contribution >= 4 is 28.5 Å². The van der Waals surface area contributed by atoms with E-state index in [-0.39, 0.29) is 11.7 Å². The van der Waals surface area contributed by atoms with Crippen molar-refractivity contribution in [2.45, 2.75) is 17.7 Å². The molecule has 0 aromatic heterocycles. The van der Waals surface area contributed by atoms with Crippen molar-refractivity contribution in [3.8, 4) is 18.1 Å². The number of hydrogen-bond acceptors (Lipinski definition) is 4. The van der Waals surface area contributed by atoms with E-state index < -0.39 is 10.8 Å². The molecule has 22 heavy (non-hydrogen) atoms. The Hall–Kier alpha value is -2.39. The molecule has 0 bridgehead atoms. The SMILES string of the molecule is C#CCS(=O)c1cc(C=CC2=NNC(=O)CC2)ccc1OC. The Labute approximate surface area is 131 Å². The first-order valence-corrected chi connectivity index (χ1v) is 7.99. The molecule has 1 atom stereocenters. The zero-order valence-corrected chi connectivity index (χ0v) is 13.0. The maximum atomic E-state index is 12.1. The van der Waals surface area contributed by atoms with Crippen molar-refractivity contribution in [1.82, 2.24) is 5.43 Å². The summed E-state index contributed by atoms with van der Waals surface area (Å²) in [6, 6.07) is 5.40. The first kappa shape index (κ1) is 16.0. The van der Waals surface area contributed by atoms with Gasteiger partial charge in [0.1, 0.15) is 5.75 Å². The molecular formula is C16H16N2O3S. The van der Waals surface area contributed by atoms with Crippen molar-refractivity contribution in [2.75, 3.05) is 12.9 Å². The number of ether oxygens (including phenoxy) is 1. The van der Waals surface area contributed by atoms with Gasteiger partial charge in [-0.2, -0.15) is 5.10 Å². The maximum Gasteiger partial charge on any atom is 0.240 e. The number of amides is 1. The lowest BCUT2D eigenvalue weighted by molar-refractivity contribution is -0.121. The van der Waals surface area contributed by atoms with E-state index in [2.05, 4.69) is 16.4 Å². The minimum atomic E-state index is -1.30. The number of methoxy groups -OCH3 is 1. The summed E-state index contributed by atoms with van der Waals surface area (Å²) in [6.07, 6.45) is 9.94.